The Kier molecular flexibility index (Phi) is 13.5. The third-order valence-corrected chi connectivity index (χ3v) is 1.41. The minimum Gasteiger partial charge on any atom is -0.154 e. The van der Waals surface area contributed by atoms with E-state index in [0.717, 1.165) is 11.5 Å². The van der Waals surface area contributed by atoms with Crippen molar-refractivity contribution in [1.82, 2.24) is 0 Å². The van der Waals surface area contributed by atoms with Crippen molar-refractivity contribution in [3.05, 3.63) is 25.3 Å². The molecule has 43 valence electrons. The summed E-state index contributed by atoms with van der Waals surface area (Å²) in [5, 5.41) is 0. The third-order valence-electron chi connectivity index (χ3n) is 0.471. The summed E-state index contributed by atoms with van der Waals surface area (Å²) < 4.78 is 0. The van der Waals surface area contributed by atoms with E-state index in [1.165, 1.54) is 0 Å². The SMILES string of the molecule is C=CCSCC=C.[B]. The van der Waals surface area contributed by atoms with Gasteiger partial charge in [-0.2, -0.15) is 11.8 Å². The molecular formula is C6H10BS. The van der Waals surface area contributed by atoms with Crippen LogP contribution in [0.15, 0.2) is 25.3 Å². The minimum atomic E-state index is 0. The van der Waals surface area contributed by atoms with Crippen LogP contribution in [0.25, 0.3) is 0 Å². The summed E-state index contributed by atoms with van der Waals surface area (Å²) in [5.41, 5.74) is 0. The Labute approximate surface area is 57.6 Å². The standard InChI is InChI=1S/C6H10S.B/c1-3-5-7-6-4-2;/h3-4H,1-2,5-6H2;. The Morgan fingerprint density at radius 1 is 1.12 bits per heavy atom. The highest BCUT2D eigenvalue weighted by Crippen LogP contribution is 1.97. The van der Waals surface area contributed by atoms with Gasteiger partial charge in [-0.05, 0) is 0 Å². The lowest BCUT2D eigenvalue weighted by Crippen LogP contribution is -1.69. The van der Waals surface area contributed by atoms with E-state index in [1.54, 1.807) is 0 Å². The fourth-order valence-corrected chi connectivity index (χ4v) is 0.704. The van der Waals surface area contributed by atoms with E-state index in [0.29, 0.717) is 0 Å². The van der Waals surface area contributed by atoms with Gasteiger partial charge in [-0.3, -0.25) is 0 Å². The van der Waals surface area contributed by atoms with Gasteiger partial charge in [-0.25, -0.2) is 0 Å². The molecule has 0 heterocycles. The van der Waals surface area contributed by atoms with Gasteiger partial charge in [0.2, 0.25) is 0 Å². The topological polar surface area (TPSA) is 0 Å². The summed E-state index contributed by atoms with van der Waals surface area (Å²) in [5.74, 6) is 2.07. The maximum Gasteiger partial charge on any atom is 0.0113 e. The molecule has 0 fully saturated rings. The van der Waals surface area contributed by atoms with Gasteiger partial charge in [0.1, 0.15) is 0 Å². The number of rotatable bonds is 4. The molecule has 0 N–H and O–H groups in total. The van der Waals surface area contributed by atoms with E-state index >= 15 is 0 Å². The van der Waals surface area contributed by atoms with Crippen molar-refractivity contribution in [2.75, 3.05) is 11.5 Å². The molecule has 0 aliphatic rings. The van der Waals surface area contributed by atoms with E-state index in [4.69, 9.17) is 0 Å². The Bertz CT molecular complexity index is 53.5. The van der Waals surface area contributed by atoms with Crippen LogP contribution in [0.5, 0.6) is 0 Å². The van der Waals surface area contributed by atoms with Gasteiger partial charge < -0.3 is 0 Å². The molecule has 0 saturated carbocycles. The van der Waals surface area contributed by atoms with Crippen molar-refractivity contribution in [3.8, 4) is 0 Å². The lowest BCUT2D eigenvalue weighted by atomic mass is 10.8. The van der Waals surface area contributed by atoms with E-state index < -0.39 is 0 Å². The average Bonchev–Trinajstić information content (AvgIpc) is 1.69. The molecule has 0 atom stereocenters. The van der Waals surface area contributed by atoms with E-state index in [2.05, 4.69) is 13.2 Å². The summed E-state index contributed by atoms with van der Waals surface area (Å²) in [6.07, 6.45) is 3.79. The molecule has 0 aliphatic heterocycles. The van der Waals surface area contributed by atoms with Crippen molar-refractivity contribution < 1.29 is 0 Å². The van der Waals surface area contributed by atoms with Crippen molar-refractivity contribution in [2.45, 2.75) is 0 Å². The van der Waals surface area contributed by atoms with Crippen LogP contribution >= 0.6 is 11.8 Å². The second-order valence-electron chi connectivity index (χ2n) is 1.11. The Hall–Kier alpha value is -0.105. The van der Waals surface area contributed by atoms with Crippen molar-refractivity contribution in [3.63, 3.8) is 0 Å². The first-order chi connectivity index (χ1) is 3.41. The normalized spacial score (nSPS) is 7.00. The van der Waals surface area contributed by atoms with Crippen LogP contribution in [-0.4, -0.2) is 19.9 Å². The van der Waals surface area contributed by atoms with Crippen LogP contribution in [0.2, 0.25) is 0 Å². The van der Waals surface area contributed by atoms with Crippen LogP contribution < -0.4 is 0 Å². The van der Waals surface area contributed by atoms with Gasteiger partial charge in [0.05, 0.1) is 0 Å². The molecule has 0 nitrogen and oxygen atoms in total. The van der Waals surface area contributed by atoms with Crippen LogP contribution in [0, 0.1) is 0 Å². The fraction of sp³-hybridized carbons (Fsp3) is 0.333. The zero-order valence-corrected chi connectivity index (χ0v) is 5.79. The van der Waals surface area contributed by atoms with E-state index in [9.17, 15) is 0 Å². The molecule has 0 aromatic rings. The van der Waals surface area contributed by atoms with Gasteiger partial charge in [0.25, 0.3) is 0 Å². The summed E-state index contributed by atoms with van der Waals surface area (Å²) in [7, 11) is 0. The first kappa shape index (κ1) is 10.8. The molecule has 0 aromatic heterocycles. The second-order valence-corrected chi connectivity index (χ2v) is 2.19. The fourth-order valence-electron chi connectivity index (χ4n) is 0.235. The number of thioether (sulfide) groups is 1. The highest BCUT2D eigenvalue weighted by atomic mass is 32.2. The molecule has 0 bridgehead atoms. The summed E-state index contributed by atoms with van der Waals surface area (Å²) in [6.45, 7) is 7.15. The first-order valence-corrected chi connectivity index (χ1v) is 3.37. The molecular weight excluding hydrogens is 115 g/mol. The molecule has 0 unspecified atom stereocenters. The predicted octanol–water partition coefficient (Wildman–Crippen LogP) is 1.71. The molecule has 0 spiro atoms. The van der Waals surface area contributed by atoms with Crippen LogP contribution in [0.4, 0.5) is 0 Å². The summed E-state index contributed by atoms with van der Waals surface area (Å²) in [6, 6.07) is 0. The molecule has 2 heteroatoms. The maximum atomic E-state index is 3.58. The Morgan fingerprint density at radius 2 is 1.50 bits per heavy atom. The van der Waals surface area contributed by atoms with E-state index in [-0.39, 0.29) is 8.41 Å². The minimum absolute atomic E-state index is 0. The zero-order chi connectivity index (χ0) is 5.54. The van der Waals surface area contributed by atoms with Gasteiger partial charge in [0, 0.05) is 19.9 Å². The highest BCUT2D eigenvalue weighted by molar-refractivity contribution is 7.99. The Morgan fingerprint density at radius 3 is 1.75 bits per heavy atom. The molecule has 3 radical (unpaired) electrons. The molecule has 0 aliphatic carbocycles. The Balaban J connectivity index is 0. The first-order valence-electron chi connectivity index (χ1n) is 2.21. The molecule has 0 amide bonds. The van der Waals surface area contributed by atoms with Gasteiger partial charge in [-0.1, -0.05) is 12.2 Å². The number of hydrogen-bond acceptors (Lipinski definition) is 1. The van der Waals surface area contributed by atoms with Gasteiger partial charge in [-0.15, -0.1) is 13.2 Å². The van der Waals surface area contributed by atoms with E-state index in [1.807, 2.05) is 23.9 Å². The maximum absolute atomic E-state index is 3.58. The van der Waals surface area contributed by atoms with Crippen LogP contribution in [-0.2, 0) is 0 Å². The highest BCUT2D eigenvalue weighted by Gasteiger charge is 1.73. The smallest absolute Gasteiger partial charge is 0.0113 e. The molecule has 8 heavy (non-hydrogen) atoms. The lowest BCUT2D eigenvalue weighted by Gasteiger charge is -1.85. The van der Waals surface area contributed by atoms with Crippen molar-refractivity contribution in [2.24, 2.45) is 0 Å². The van der Waals surface area contributed by atoms with Crippen molar-refractivity contribution >= 4 is 20.2 Å². The monoisotopic (exact) mass is 125 g/mol. The molecule has 0 saturated heterocycles. The quantitative estimate of drug-likeness (QED) is 0.313. The molecule has 0 aromatic carbocycles. The van der Waals surface area contributed by atoms with Crippen molar-refractivity contribution in [1.29, 1.82) is 0 Å². The summed E-state index contributed by atoms with van der Waals surface area (Å²) in [4.78, 5) is 0. The molecule has 0 rings (SSSR count). The number of hydrogen-bond donors (Lipinski definition) is 0. The zero-order valence-electron chi connectivity index (χ0n) is 4.97. The third kappa shape index (κ3) is 9.31. The van der Waals surface area contributed by atoms with Gasteiger partial charge in [0.15, 0.2) is 0 Å². The predicted molar refractivity (Wildman–Crippen MR) is 43.5 cm³/mol. The summed E-state index contributed by atoms with van der Waals surface area (Å²) >= 11 is 1.82. The second kappa shape index (κ2) is 10.00. The van der Waals surface area contributed by atoms with Crippen LogP contribution in [0.3, 0.4) is 0 Å². The lowest BCUT2D eigenvalue weighted by molar-refractivity contribution is 1.74. The average molecular weight is 125 g/mol. The van der Waals surface area contributed by atoms with Gasteiger partial charge >= 0.3 is 0 Å². The van der Waals surface area contributed by atoms with Crippen LogP contribution in [0.1, 0.15) is 0 Å². The largest absolute Gasteiger partial charge is 0.154 e.